The highest BCUT2D eigenvalue weighted by atomic mass is 32.2. The van der Waals surface area contributed by atoms with Crippen LogP contribution in [0, 0.1) is 11.3 Å². The van der Waals surface area contributed by atoms with E-state index in [0.29, 0.717) is 5.82 Å². The highest BCUT2D eigenvalue weighted by molar-refractivity contribution is 7.99. The summed E-state index contributed by atoms with van der Waals surface area (Å²) in [6, 6.07) is 0. The van der Waals surface area contributed by atoms with E-state index >= 15 is 0 Å². The first-order valence-electron chi connectivity index (χ1n) is 10.6. The number of aliphatic hydroxyl groups excluding tert-OH is 2. The first-order chi connectivity index (χ1) is 13.7. The van der Waals surface area contributed by atoms with Gasteiger partial charge in [0.15, 0.2) is 6.29 Å². The lowest BCUT2D eigenvalue weighted by molar-refractivity contribution is -0.316. The summed E-state index contributed by atoms with van der Waals surface area (Å²) >= 11 is 1.79. The second-order valence-corrected chi connectivity index (χ2v) is 10.7. The first kappa shape index (κ1) is 22.9. The third kappa shape index (κ3) is 5.91. The molecule has 0 spiro atoms. The van der Waals surface area contributed by atoms with Gasteiger partial charge in [0.1, 0.15) is 6.10 Å². The minimum Gasteiger partial charge on any atom is -0.390 e. The number of hydrogen-bond acceptors (Lipinski definition) is 8. The van der Waals surface area contributed by atoms with Crippen molar-refractivity contribution >= 4 is 11.8 Å². The molecule has 0 aromatic carbocycles. The Morgan fingerprint density at radius 1 is 1.14 bits per heavy atom. The fourth-order valence-corrected chi connectivity index (χ4v) is 5.64. The molecule has 0 aliphatic carbocycles. The largest absolute Gasteiger partial charge is 0.390 e. The van der Waals surface area contributed by atoms with Gasteiger partial charge in [-0.15, -0.1) is 0 Å². The molecule has 3 aliphatic heterocycles. The minimum absolute atomic E-state index is 0.133. The molecule has 0 radical (unpaired) electrons. The normalized spacial score (nSPS) is 34.6. The fourth-order valence-electron chi connectivity index (χ4n) is 4.60. The molecule has 29 heavy (non-hydrogen) atoms. The Balaban J connectivity index is 1.67. The van der Waals surface area contributed by atoms with Crippen LogP contribution in [-0.2, 0) is 15.9 Å². The molecule has 4 heterocycles. The molecule has 4 rings (SSSR count). The lowest BCUT2D eigenvalue weighted by Crippen LogP contribution is -2.60. The van der Waals surface area contributed by atoms with Gasteiger partial charge in [0.25, 0.3) is 0 Å². The van der Waals surface area contributed by atoms with Crippen LogP contribution in [0.4, 0.5) is 0 Å². The van der Waals surface area contributed by atoms with Crippen LogP contribution >= 0.6 is 11.8 Å². The maximum absolute atomic E-state index is 11.0. The minimum atomic E-state index is -1.03. The van der Waals surface area contributed by atoms with Gasteiger partial charge in [-0.25, -0.2) is 0 Å². The van der Waals surface area contributed by atoms with Crippen molar-refractivity contribution in [1.29, 1.82) is 0 Å². The summed E-state index contributed by atoms with van der Waals surface area (Å²) in [4.78, 5) is 0. The number of thioether (sulfide) groups is 1. The summed E-state index contributed by atoms with van der Waals surface area (Å²) in [6.45, 7) is 8.44. The number of ether oxygens (including phenoxy) is 2. The summed E-state index contributed by atoms with van der Waals surface area (Å²) in [5.41, 5.74) is -0.530. The molecule has 2 N–H and O–H groups in total. The van der Waals surface area contributed by atoms with Crippen molar-refractivity contribution in [3.05, 3.63) is 5.82 Å². The lowest BCUT2D eigenvalue weighted by Gasteiger charge is -2.49. The maximum Gasteiger partial charge on any atom is 0.186 e. The zero-order chi connectivity index (χ0) is 21.1. The van der Waals surface area contributed by atoms with Gasteiger partial charge in [0.2, 0.25) is 0 Å². The molecule has 3 aliphatic rings. The number of aliphatic hydroxyl groups is 2. The van der Waals surface area contributed by atoms with Gasteiger partial charge in [-0.05, 0) is 50.7 Å². The lowest BCUT2D eigenvalue weighted by atomic mass is 9.68. The molecule has 166 valence electrons. The first-order valence-corrected chi connectivity index (χ1v) is 11.8. The number of aryl methyl sites for hydroxylation is 1. The van der Waals surface area contributed by atoms with E-state index in [9.17, 15) is 10.2 Å². The van der Waals surface area contributed by atoms with Crippen molar-refractivity contribution < 1.29 is 19.7 Å². The van der Waals surface area contributed by atoms with Gasteiger partial charge < -0.3 is 24.8 Å². The van der Waals surface area contributed by atoms with Gasteiger partial charge in [-0.2, -0.15) is 17.0 Å². The second-order valence-electron chi connectivity index (χ2n) is 9.60. The topological polar surface area (TPSA) is 112 Å². The van der Waals surface area contributed by atoms with Crippen LogP contribution in [0.3, 0.4) is 0 Å². The Kier molecular flexibility index (Phi) is 7.59. The molecule has 0 amide bonds. The van der Waals surface area contributed by atoms with Crippen LogP contribution in [0.25, 0.3) is 0 Å². The zero-order valence-corrected chi connectivity index (χ0v) is 18.8. The van der Waals surface area contributed by atoms with Gasteiger partial charge >= 0.3 is 0 Å². The number of rotatable bonds is 6. The summed E-state index contributed by atoms with van der Waals surface area (Å²) < 4.78 is 12.4. The van der Waals surface area contributed by atoms with Crippen molar-refractivity contribution in [3.8, 4) is 0 Å². The van der Waals surface area contributed by atoms with Crippen LogP contribution in [0.2, 0.25) is 0 Å². The van der Waals surface area contributed by atoms with E-state index < -0.39 is 24.1 Å². The number of fused-ring (bicyclic) bond motifs is 8. The van der Waals surface area contributed by atoms with Crippen molar-refractivity contribution in [2.75, 3.05) is 11.5 Å². The molecule has 0 saturated carbocycles. The second kappa shape index (κ2) is 9.60. The van der Waals surface area contributed by atoms with Gasteiger partial charge in [-0.1, -0.05) is 26.7 Å². The number of nitrogens with zero attached hydrogens (tertiary/aromatic N) is 4. The fraction of sp³-hybridized carbons (Fsp3) is 0.950. The van der Waals surface area contributed by atoms with E-state index in [1.165, 1.54) is 0 Å². The van der Waals surface area contributed by atoms with Gasteiger partial charge in [0.05, 0.1) is 17.8 Å². The predicted octanol–water partition coefficient (Wildman–Crippen LogP) is 1.95. The molecule has 8 nitrogen and oxygen atoms in total. The van der Waals surface area contributed by atoms with Crippen molar-refractivity contribution in [1.82, 2.24) is 20.6 Å². The third-order valence-electron chi connectivity index (χ3n) is 6.23. The monoisotopic (exact) mass is 427 g/mol. The standard InChI is InChI=1S/C20H35N4O4S/c1-19(2)9-5-6-10-20(3,4)28-18-17(26)16(25)15(19)13(27-18)12-29-11-7-8-14-21-23-24-22-14/h13,15-18,25-26H,5-12H2,1-4H3/q-1/t13?,15?,16-,17?,18?/m0/s1. The van der Waals surface area contributed by atoms with Crippen molar-refractivity contribution in [2.24, 2.45) is 11.3 Å². The van der Waals surface area contributed by atoms with Crippen molar-refractivity contribution in [2.45, 2.75) is 96.4 Å². The Morgan fingerprint density at radius 3 is 2.62 bits per heavy atom. The predicted molar refractivity (Wildman–Crippen MR) is 110 cm³/mol. The molecule has 3 fully saturated rings. The van der Waals surface area contributed by atoms with E-state index in [1.807, 2.05) is 13.8 Å². The van der Waals surface area contributed by atoms with E-state index in [2.05, 4.69) is 34.5 Å². The summed E-state index contributed by atoms with van der Waals surface area (Å²) in [5, 5.41) is 36.5. The van der Waals surface area contributed by atoms with Crippen LogP contribution in [0.5, 0.6) is 0 Å². The van der Waals surface area contributed by atoms with Crippen molar-refractivity contribution in [3.63, 3.8) is 0 Å². The summed E-state index contributed by atoms with van der Waals surface area (Å²) in [7, 11) is 0. The number of aromatic nitrogens is 4. The van der Waals surface area contributed by atoms with Crippen LogP contribution < -0.4 is 5.10 Å². The molecule has 1 aromatic heterocycles. The quantitative estimate of drug-likeness (QED) is 0.658. The Bertz CT molecular complexity index is 626. The average Bonchev–Trinajstić information content (AvgIpc) is 3.14. The Labute approximate surface area is 177 Å². The van der Waals surface area contributed by atoms with E-state index in [4.69, 9.17) is 9.47 Å². The number of tetrazole rings is 1. The van der Waals surface area contributed by atoms with Gasteiger partial charge in [-0.3, -0.25) is 10.3 Å². The Hall–Kier alpha value is -0.740. The molecule has 9 heteroatoms. The molecule has 2 bridgehead atoms. The van der Waals surface area contributed by atoms with E-state index in [-0.39, 0.29) is 17.4 Å². The SMILES string of the molecule is CC1(C)CCCCC(C)(C)C2C(CSCCCc3nnn[n-]3)OC(O1)C(O)[C@H]2O. The maximum atomic E-state index is 11.0. The summed E-state index contributed by atoms with van der Waals surface area (Å²) in [5.74, 6) is 2.21. The highest BCUT2D eigenvalue weighted by Gasteiger charge is 2.51. The van der Waals surface area contributed by atoms with E-state index in [0.717, 1.165) is 50.0 Å². The molecular weight excluding hydrogens is 392 g/mol. The zero-order valence-electron chi connectivity index (χ0n) is 18.0. The smallest absolute Gasteiger partial charge is 0.186 e. The molecular formula is C20H35N4O4S-. The van der Waals surface area contributed by atoms with E-state index in [1.54, 1.807) is 11.8 Å². The van der Waals surface area contributed by atoms with Gasteiger partial charge in [0, 0.05) is 17.5 Å². The highest BCUT2D eigenvalue weighted by Crippen LogP contribution is 2.45. The average molecular weight is 428 g/mol. The molecule has 3 saturated heterocycles. The van der Waals surface area contributed by atoms with Crippen LogP contribution in [0.1, 0.15) is 65.6 Å². The third-order valence-corrected chi connectivity index (χ3v) is 7.37. The Morgan fingerprint density at radius 2 is 1.90 bits per heavy atom. The number of hydrogen-bond donors (Lipinski definition) is 2. The molecule has 1 aromatic rings. The summed E-state index contributed by atoms with van der Waals surface area (Å²) in [6.07, 6.45) is 2.84. The molecule has 4 unspecified atom stereocenters. The molecule has 5 atom stereocenters. The van der Waals surface area contributed by atoms with Crippen LogP contribution in [0.15, 0.2) is 0 Å². The van der Waals surface area contributed by atoms with Crippen LogP contribution in [-0.4, -0.2) is 67.4 Å².